The molecule has 0 aliphatic heterocycles. The molecular formula is C34H16F6N4. The number of hydrogen-bond acceptors (Lipinski definition) is 2. The summed E-state index contributed by atoms with van der Waals surface area (Å²) < 4.78 is 89.1. The fraction of sp³-hybridized carbons (Fsp3) is 0.0588. The first-order valence-corrected chi connectivity index (χ1v) is 13.2. The maximum Gasteiger partial charge on any atom is 0.418 e. The van der Waals surface area contributed by atoms with Crippen LogP contribution in [0.15, 0.2) is 97.1 Å². The van der Waals surface area contributed by atoms with Crippen LogP contribution in [-0.2, 0) is 12.4 Å². The molecule has 0 atom stereocenters. The van der Waals surface area contributed by atoms with Crippen molar-refractivity contribution >= 4 is 43.6 Å². The van der Waals surface area contributed by atoms with Crippen molar-refractivity contribution in [3.63, 3.8) is 0 Å². The minimum atomic E-state index is -4.81. The van der Waals surface area contributed by atoms with Crippen LogP contribution in [0.3, 0.4) is 0 Å². The van der Waals surface area contributed by atoms with Crippen molar-refractivity contribution in [2.24, 2.45) is 0 Å². The highest BCUT2D eigenvalue weighted by molar-refractivity contribution is 6.19. The van der Waals surface area contributed by atoms with Gasteiger partial charge in [-0.15, -0.1) is 0 Å². The summed E-state index contributed by atoms with van der Waals surface area (Å²) >= 11 is 0. The molecule has 7 aromatic rings. The molecule has 0 unspecified atom stereocenters. The molecule has 0 aliphatic rings. The molecule has 0 saturated heterocycles. The Morgan fingerprint density at radius 2 is 0.864 bits per heavy atom. The summed E-state index contributed by atoms with van der Waals surface area (Å²) in [6.07, 6.45) is -9.63. The molecule has 10 heteroatoms. The third kappa shape index (κ3) is 3.85. The second kappa shape index (κ2) is 9.38. The van der Waals surface area contributed by atoms with Crippen LogP contribution in [0.25, 0.3) is 55.0 Å². The maximum absolute atomic E-state index is 14.4. The monoisotopic (exact) mass is 594 g/mol. The SMILES string of the molecule is N#Cc1cccc(C(F)(F)F)c1-n1c2ccccc2c2cc3c4ccccc4n(-c4c(C#N)cccc4C(F)(F)F)c3cc21. The largest absolute Gasteiger partial charge is 0.418 e. The molecule has 0 radical (unpaired) electrons. The standard InChI is InChI=1S/C34H16F6N4/c35-33(36,37)25-11-5-7-19(17-41)31(25)43-27-13-3-1-9-21(27)23-15-24-22-10-2-4-14-28(22)44(30(24)16-29(23)43)32-20(18-42)8-6-12-26(32)34(38,39)40/h1-16H. The molecule has 4 nitrogen and oxygen atoms in total. The first-order chi connectivity index (χ1) is 21.0. The number of alkyl halides is 6. The smallest absolute Gasteiger partial charge is 0.307 e. The van der Waals surface area contributed by atoms with Crippen LogP contribution in [0, 0.1) is 22.7 Å². The van der Waals surface area contributed by atoms with Crippen LogP contribution in [0.1, 0.15) is 22.3 Å². The minimum Gasteiger partial charge on any atom is -0.307 e. The van der Waals surface area contributed by atoms with Crippen molar-refractivity contribution in [3.05, 3.63) is 119 Å². The quantitative estimate of drug-likeness (QED) is 0.187. The lowest BCUT2D eigenvalue weighted by molar-refractivity contribution is -0.138. The van der Waals surface area contributed by atoms with Gasteiger partial charge in [0, 0.05) is 21.5 Å². The number of nitriles is 2. The van der Waals surface area contributed by atoms with Crippen LogP contribution in [-0.4, -0.2) is 9.13 Å². The predicted octanol–water partition coefficient (Wildman–Crippen LogP) is 9.66. The number of rotatable bonds is 2. The van der Waals surface area contributed by atoms with Crippen LogP contribution in [0.4, 0.5) is 26.3 Å². The van der Waals surface area contributed by atoms with Gasteiger partial charge in [0.25, 0.3) is 0 Å². The minimum absolute atomic E-state index is 0.225. The number of fused-ring (bicyclic) bond motifs is 6. The molecule has 44 heavy (non-hydrogen) atoms. The van der Waals surface area contributed by atoms with E-state index in [-0.39, 0.29) is 33.5 Å². The van der Waals surface area contributed by atoms with Crippen molar-refractivity contribution in [1.82, 2.24) is 9.13 Å². The van der Waals surface area contributed by atoms with E-state index in [9.17, 15) is 36.9 Å². The van der Waals surface area contributed by atoms with Gasteiger partial charge in [-0.05, 0) is 48.5 Å². The Balaban J connectivity index is 1.74. The number of aromatic nitrogens is 2. The lowest BCUT2D eigenvalue weighted by Crippen LogP contribution is -2.13. The Kier molecular flexibility index (Phi) is 5.78. The van der Waals surface area contributed by atoms with E-state index in [2.05, 4.69) is 0 Å². The topological polar surface area (TPSA) is 57.4 Å². The molecule has 0 amide bonds. The van der Waals surface area contributed by atoms with E-state index in [0.29, 0.717) is 32.6 Å². The molecule has 0 bridgehead atoms. The van der Waals surface area contributed by atoms with Crippen molar-refractivity contribution in [3.8, 4) is 23.5 Å². The molecule has 2 aromatic heterocycles. The Hall–Kier alpha value is -5.74. The third-order valence-corrected chi connectivity index (χ3v) is 7.84. The highest BCUT2D eigenvalue weighted by atomic mass is 19.4. The van der Waals surface area contributed by atoms with E-state index in [0.717, 1.165) is 24.3 Å². The maximum atomic E-state index is 14.4. The number of halogens is 6. The molecule has 0 fully saturated rings. The molecule has 0 spiro atoms. The van der Waals surface area contributed by atoms with Crippen molar-refractivity contribution in [1.29, 1.82) is 10.5 Å². The normalized spacial score (nSPS) is 12.3. The first kappa shape index (κ1) is 27.1. The highest BCUT2D eigenvalue weighted by Crippen LogP contribution is 2.44. The van der Waals surface area contributed by atoms with Gasteiger partial charge in [-0.2, -0.15) is 36.9 Å². The lowest BCUT2D eigenvalue weighted by Gasteiger charge is -2.18. The van der Waals surface area contributed by atoms with Crippen molar-refractivity contribution in [2.75, 3.05) is 0 Å². The van der Waals surface area contributed by atoms with Crippen LogP contribution in [0.2, 0.25) is 0 Å². The number of benzene rings is 5. The van der Waals surface area contributed by atoms with Crippen molar-refractivity contribution in [2.45, 2.75) is 12.4 Å². The van der Waals surface area contributed by atoms with E-state index in [1.165, 1.54) is 27.3 Å². The number of nitrogens with zero attached hydrogens (tertiary/aromatic N) is 4. The van der Waals surface area contributed by atoms with Gasteiger partial charge >= 0.3 is 12.4 Å². The summed E-state index contributed by atoms with van der Waals surface area (Å²) in [5, 5.41) is 22.1. The summed E-state index contributed by atoms with van der Waals surface area (Å²) in [5.74, 6) is 0. The summed E-state index contributed by atoms with van der Waals surface area (Å²) in [7, 11) is 0. The number of hydrogen-bond donors (Lipinski definition) is 0. The molecule has 5 aromatic carbocycles. The fourth-order valence-corrected chi connectivity index (χ4v) is 6.12. The average molecular weight is 595 g/mol. The van der Waals surface area contributed by atoms with Gasteiger partial charge in [0.1, 0.15) is 12.1 Å². The Bertz CT molecular complexity index is 2230. The Labute approximate surface area is 244 Å². The van der Waals surface area contributed by atoms with E-state index in [1.54, 1.807) is 54.6 Å². The lowest BCUT2D eigenvalue weighted by atomic mass is 10.1. The summed E-state index contributed by atoms with van der Waals surface area (Å²) in [6.45, 7) is 0. The van der Waals surface area contributed by atoms with Gasteiger partial charge < -0.3 is 9.13 Å². The molecule has 0 N–H and O–H groups in total. The second-order valence-electron chi connectivity index (χ2n) is 10.2. The van der Waals surface area contributed by atoms with Crippen LogP contribution in [0.5, 0.6) is 0 Å². The van der Waals surface area contributed by atoms with Gasteiger partial charge in [0.15, 0.2) is 0 Å². The average Bonchev–Trinajstić information content (AvgIpc) is 3.50. The van der Waals surface area contributed by atoms with Gasteiger partial charge in [-0.3, -0.25) is 0 Å². The van der Waals surface area contributed by atoms with Crippen molar-refractivity contribution < 1.29 is 26.3 Å². The first-order valence-electron chi connectivity index (χ1n) is 13.2. The van der Waals surface area contributed by atoms with Gasteiger partial charge in [-0.25, -0.2) is 0 Å². The van der Waals surface area contributed by atoms with Crippen LogP contribution < -0.4 is 0 Å². The third-order valence-electron chi connectivity index (χ3n) is 7.84. The molecule has 0 saturated carbocycles. The zero-order valence-electron chi connectivity index (χ0n) is 22.3. The Morgan fingerprint density at radius 1 is 0.455 bits per heavy atom. The number of para-hydroxylation sites is 4. The fourth-order valence-electron chi connectivity index (χ4n) is 6.12. The molecule has 2 heterocycles. The summed E-state index contributed by atoms with van der Waals surface area (Å²) in [5.41, 5.74) is -2.02. The molecule has 214 valence electrons. The molecule has 7 rings (SSSR count). The van der Waals surface area contributed by atoms with E-state index < -0.39 is 23.5 Å². The van der Waals surface area contributed by atoms with E-state index in [1.807, 2.05) is 12.1 Å². The molecular weight excluding hydrogens is 578 g/mol. The van der Waals surface area contributed by atoms with Gasteiger partial charge in [0.2, 0.25) is 0 Å². The van der Waals surface area contributed by atoms with Gasteiger partial charge in [-0.1, -0.05) is 48.5 Å². The highest BCUT2D eigenvalue weighted by Gasteiger charge is 2.37. The zero-order chi connectivity index (χ0) is 31.0. The summed E-state index contributed by atoms with van der Waals surface area (Å²) in [4.78, 5) is 0. The molecule has 0 aliphatic carbocycles. The van der Waals surface area contributed by atoms with Crippen LogP contribution >= 0.6 is 0 Å². The van der Waals surface area contributed by atoms with E-state index in [4.69, 9.17) is 0 Å². The van der Waals surface area contributed by atoms with Gasteiger partial charge in [0.05, 0.1) is 55.7 Å². The zero-order valence-corrected chi connectivity index (χ0v) is 22.3. The summed E-state index contributed by atoms with van der Waals surface area (Å²) in [6, 6.07) is 27.3. The van der Waals surface area contributed by atoms with E-state index >= 15 is 0 Å². The predicted molar refractivity (Wildman–Crippen MR) is 155 cm³/mol. The second-order valence-corrected chi connectivity index (χ2v) is 10.2. The Morgan fingerprint density at radius 3 is 1.25 bits per heavy atom.